The van der Waals surface area contributed by atoms with Crippen LogP contribution in [-0.4, -0.2) is 50.8 Å². The number of amides is 1. The largest absolute Gasteiger partial charge is 0.391 e. The van der Waals surface area contributed by atoms with E-state index in [1.165, 1.54) is 12.1 Å². The normalized spacial score (nSPS) is 15.4. The number of alkyl halides is 3. The number of nitrogens with zero attached hydrogens (tertiary/aromatic N) is 1. The number of carbonyl (C=O) groups excluding carboxylic acids is 1. The number of sulfone groups is 1. The van der Waals surface area contributed by atoms with E-state index in [2.05, 4.69) is 17.2 Å². The highest BCUT2D eigenvalue weighted by atomic mass is 32.2. The van der Waals surface area contributed by atoms with E-state index in [0.717, 1.165) is 5.56 Å². The maximum atomic E-state index is 12.7. The molecule has 1 aliphatic heterocycles. The first-order chi connectivity index (χ1) is 16.1. The Labute approximate surface area is 198 Å². The van der Waals surface area contributed by atoms with Crippen LogP contribution in [0, 0.1) is 17.8 Å². The van der Waals surface area contributed by atoms with Gasteiger partial charge in [0, 0.05) is 11.3 Å². The molecule has 1 amide bonds. The minimum absolute atomic E-state index is 0.0217. The average Bonchev–Trinajstić information content (AvgIpc) is 2.80. The fourth-order valence-electron chi connectivity index (χ4n) is 3.68. The smallest absolute Gasteiger partial charge is 0.326 e. The molecule has 1 heterocycles. The highest BCUT2D eigenvalue weighted by molar-refractivity contribution is 7.91. The summed E-state index contributed by atoms with van der Waals surface area (Å²) in [5.41, 5.74) is 2.06. The fraction of sp³-hybridized carbons (Fsp3) is 0.400. The molecule has 0 unspecified atom stereocenters. The molecule has 2 aromatic carbocycles. The van der Waals surface area contributed by atoms with Crippen molar-refractivity contribution in [2.45, 2.75) is 37.3 Å². The quantitative estimate of drug-likeness (QED) is 0.611. The van der Waals surface area contributed by atoms with Crippen LogP contribution in [0.15, 0.2) is 53.4 Å². The molecule has 34 heavy (non-hydrogen) atoms. The summed E-state index contributed by atoms with van der Waals surface area (Å²) in [6.45, 7) is 2.78. The van der Waals surface area contributed by atoms with Gasteiger partial charge in [0.05, 0.1) is 29.5 Å². The molecule has 0 aromatic heterocycles. The lowest BCUT2D eigenvalue weighted by Gasteiger charge is -2.31. The summed E-state index contributed by atoms with van der Waals surface area (Å²) < 4.78 is 61.9. The number of likely N-dealkylation sites (tertiary alicyclic amines) is 1. The zero-order chi connectivity index (χ0) is 24.8. The fourth-order valence-corrected chi connectivity index (χ4v) is 4.56. The van der Waals surface area contributed by atoms with Crippen molar-refractivity contribution in [3.63, 3.8) is 0 Å². The Hall–Kier alpha value is -2.83. The summed E-state index contributed by atoms with van der Waals surface area (Å²) in [5.74, 6) is 4.58. The van der Waals surface area contributed by atoms with E-state index >= 15 is 0 Å². The molecule has 2 aromatic rings. The molecule has 182 valence electrons. The van der Waals surface area contributed by atoms with Crippen molar-refractivity contribution >= 4 is 21.4 Å². The molecular formula is C25H27F3N2O3S. The van der Waals surface area contributed by atoms with Gasteiger partial charge < -0.3 is 5.32 Å². The van der Waals surface area contributed by atoms with E-state index in [-0.39, 0.29) is 35.8 Å². The second-order valence-corrected chi connectivity index (χ2v) is 10.5. The SMILES string of the molecule is CCS(=O)(=O)c1ccc(CC(=O)Nc2ccc(C#CCN3CCC(C(F)(F)F)CC3)cc2)cc1. The first-order valence-corrected chi connectivity index (χ1v) is 12.7. The minimum atomic E-state index is -4.11. The molecule has 1 aliphatic rings. The molecule has 3 rings (SSSR count). The Morgan fingerprint density at radius 1 is 1.06 bits per heavy atom. The maximum absolute atomic E-state index is 12.7. The predicted octanol–water partition coefficient (Wildman–Crippen LogP) is 4.29. The van der Waals surface area contributed by atoms with Crippen LogP contribution in [0.25, 0.3) is 0 Å². The number of rotatable bonds is 6. The van der Waals surface area contributed by atoms with Crippen molar-refractivity contribution in [3.05, 3.63) is 59.7 Å². The maximum Gasteiger partial charge on any atom is 0.391 e. The number of halogens is 3. The monoisotopic (exact) mass is 492 g/mol. The second kappa shape index (κ2) is 11.1. The molecule has 0 bridgehead atoms. The molecule has 0 radical (unpaired) electrons. The Bertz CT molecular complexity index is 1140. The Kier molecular flexibility index (Phi) is 8.39. The number of benzene rings is 2. The predicted molar refractivity (Wildman–Crippen MR) is 125 cm³/mol. The number of nitrogens with one attached hydrogen (secondary N) is 1. The van der Waals surface area contributed by atoms with Gasteiger partial charge in [0.2, 0.25) is 5.91 Å². The van der Waals surface area contributed by atoms with Gasteiger partial charge in [0.25, 0.3) is 0 Å². The van der Waals surface area contributed by atoms with Crippen molar-refractivity contribution in [1.29, 1.82) is 0 Å². The average molecular weight is 493 g/mol. The van der Waals surface area contributed by atoms with Crippen molar-refractivity contribution in [3.8, 4) is 11.8 Å². The summed E-state index contributed by atoms with van der Waals surface area (Å²) in [7, 11) is -3.27. The van der Waals surface area contributed by atoms with Crippen molar-refractivity contribution < 1.29 is 26.4 Å². The van der Waals surface area contributed by atoms with E-state index in [1.807, 2.05) is 4.90 Å². The van der Waals surface area contributed by atoms with Gasteiger partial charge in [-0.25, -0.2) is 8.42 Å². The number of carbonyl (C=O) groups is 1. The van der Waals surface area contributed by atoms with Gasteiger partial charge in [-0.15, -0.1) is 0 Å². The second-order valence-electron chi connectivity index (χ2n) is 8.24. The van der Waals surface area contributed by atoms with Gasteiger partial charge in [-0.1, -0.05) is 30.9 Å². The molecule has 1 N–H and O–H groups in total. The van der Waals surface area contributed by atoms with E-state index in [1.54, 1.807) is 43.3 Å². The molecule has 5 nitrogen and oxygen atoms in total. The van der Waals surface area contributed by atoms with E-state index in [9.17, 15) is 26.4 Å². The molecule has 0 atom stereocenters. The van der Waals surface area contributed by atoms with Gasteiger partial charge in [0.1, 0.15) is 0 Å². The summed E-state index contributed by atoms with van der Waals surface area (Å²) in [5, 5.41) is 2.79. The lowest BCUT2D eigenvalue weighted by atomic mass is 9.96. The third-order valence-corrected chi connectivity index (χ3v) is 7.53. The lowest BCUT2D eigenvalue weighted by molar-refractivity contribution is -0.184. The standard InChI is InChI=1S/C25H27F3N2O3S/c1-2-34(32,33)23-11-7-20(8-12-23)18-24(31)29-22-9-5-19(6-10-22)4-3-15-30-16-13-21(14-17-30)25(26,27)28/h5-12,21H,2,13-18H2,1H3,(H,29,31). The summed E-state index contributed by atoms with van der Waals surface area (Å²) in [6.07, 6.45) is -3.78. The van der Waals surface area contributed by atoms with Crippen LogP contribution in [-0.2, 0) is 21.1 Å². The Morgan fingerprint density at radius 3 is 2.24 bits per heavy atom. The van der Waals surface area contributed by atoms with Crippen LogP contribution >= 0.6 is 0 Å². The lowest BCUT2D eigenvalue weighted by Crippen LogP contribution is -2.39. The minimum Gasteiger partial charge on any atom is -0.326 e. The molecule has 9 heteroatoms. The number of anilines is 1. The van der Waals surface area contributed by atoms with Gasteiger partial charge in [-0.05, 0) is 67.9 Å². The molecule has 0 saturated carbocycles. The highest BCUT2D eigenvalue weighted by Crippen LogP contribution is 2.33. The Morgan fingerprint density at radius 2 is 1.68 bits per heavy atom. The van der Waals surface area contributed by atoms with Crippen LogP contribution in [0.3, 0.4) is 0 Å². The van der Waals surface area contributed by atoms with E-state index in [4.69, 9.17) is 0 Å². The number of piperidine rings is 1. The van der Waals surface area contributed by atoms with Crippen molar-refractivity contribution in [2.24, 2.45) is 5.92 Å². The van der Waals surface area contributed by atoms with Gasteiger partial charge in [0.15, 0.2) is 9.84 Å². The van der Waals surface area contributed by atoms with Gasteiger partial charge in [-0.2, -0.15) is 13.2 Å². The summed E-state index contributed by atoms with van der Waals surface area (Å²) >= 11 is 0. The summed E-state index contributed by atoms with van der Waals surface area (Å²) in [6, 6.07) is 13.3. The highest BCUT2D eigenvalue weighted by Gasteiger charge is 2.40. The molecule has 1 fully saturated rings. The Balaban J connectivity index is 1.47. The number of hydrogen-bond donors (Lipinski definition) is 1. The van der Waals surface area contributed by atoms with Crippen LogP contribution in [0.4, 0.5) is 18.9 Å². The van der Waals surface area contributed by atoms with Gasteiger partial charge in [-0.3, -0.25) is 9.69 Å². The first kappa shape index (κ1) is 25.8. The van der Waals surface area contributed by atoms with E-state index in [0.29, 0.717) is 30.9 Å². The van der Waals surface area contributed by atoms with Crippen LogP contribution in [0.5, 0.6) is 0 Å². The molecule has 0 aliphatic carbocycles. The van der Waals surface area contributed by atoms with E-state index < -0.39 is 21.9 Å². The van der Waals surface area contributed by atoms with Crippen LogP contribution in [0.2, 0.25) is 0 Å². The van der Waals surface area contributed by atoms with Crippen molar-refractivity contribution in [1.82, 2.24) is 4.90 Å². The topological polar surface area (TPSA) is 66.5 Å². The third-order valence-electron chi connectivity index (χ3n) is 5.78. The molecule has 0 spiro atoms. The number of hydrogen-bond acceptors (Lipinski definition) is 4. The molecule has 1 saturated heterocycles. The van der Waals surface area contributed by atoms with Gasteiger partial charge >= 0.3 is 6.18 Å². The van der Waals surface area contributed by atoms with Crippen molar-refractivity contribution in [2.75, 3.05) is 30.7 Å². The zero-order valence-corrected chi connectivity index (χ0v) is 19.7. The summed E-state index contributed by atoms with van der Waals surface area (Å²) in [4.78, 5) is 14.5. The first-order valence-electron chi connectivity index (χ1n) is 11.1. The van der Waals surface area contributed by atoms with Crippen LogP contribution in [0.1, 0.15) is 30.9 Å². The third kappa shape index (κ3) is 7.34. The molecular weight excluding hydrogens is 465 g/mol. The van der Waals surface area contributed by atoms with Crippen LogP contribution < -0.4 is 5.32 Å². The zero-order valence-electron chi connectivity index (χ0n) is 18.9.